The third kappa shape index (κ3) is 5.03. The van der Waals surface area contributed by atoms with Gasteiger partial charge in [0.1, 0.15) is 5.78 Å². The number of carbonyl (C=O) groups excluding carboxylic acids is 2. The predicted octanol–water partition coefficient (Wildman–Crippen LogP) is 4.28. The van der Waals surface area contributed by atoms with E-state index in [9.17, 15) is 9.59 Å². The van der Waals surface area contributed by atoms with Crippen LogP contribution in [0.25, 0.3) is 16.6 Å². The molecule has 0 aliphatic rings. The van der Waals surface area contributed by atoms with Crippen molar-refractivity contribution >= 4 is 22.6 Å². The summed E-state index contributed by atoms with van der Waals surface area (Å²) in [7, 11) is 0. The molecule has 1 aromatic carbocycles. The van der Waals surface area contributed by atoms with Crippen molar-refractivity contribution in [3.05, 3.63) is 84.1 Å². The highest BCUT2D eigenvalue weighted by Crippen LogP contribution is 2.24. The van der Waals surface area contributed by atoms with Crippen LogP contribution in [0.5, 0.6) is 0 Å². The van der Waals surface area contributed by atoms with Crippen LogP contribution in [-0.4, -0.2) is 49.4 Å². The van der Waals surface area contributed by atoms with Gasteiger partial charge >= 0.3 is 0 Å². The lowest BCUT2D eigenvalue weighted by Gasteiger charge is -2.25. The first-order valence-electron chi connectivity index (χ1n) is 11.6. The first-order chi connectivity index (χ1) is 16.5. The molecular weight excluding hydrogens is 426 g/mol. The summed E-state index contributed by atoms with van der Waals surface area (Å²) in [6.45, 7) is 7.08. The number of rotatable bonds is 9. The van der Waals surface area contributed by atoms with Crippen LogP contribution >= 0.6 is 0 Å². The number of ketones is 1. The first-order valence-corrected chi connectivity index (χ1v) is 11.6. The molecule has 0 saturated carbocycles. The molecule has 7 nitrogen and oxygen atoms in total. The molecule has 0 unspecified atom stereocenters. The average Bonchev–Trinajstić information content (AvgIpc) is 3.27. The summed E-state index contributed by atoms with van der Waals surface area (Å²) in [5, 5.41) is 5.40. The van der Waals surface area contributed by atoms with Gasteiger partial charge in [0.25, 0.3) is 0 Å². The van der Waals surface area contributed by atoms with E-state index >= 15 is 0 Å². The SMILES string of the molecule is CCN(CC)C(=O)[C@@H](CC(=O)Cc1cc2cnn(-c3ccnc(C)c3)c2cn1)c1ccccc1. The lowest BCUT2D eigenvalue weighted by Crippen LogP contribution is -2.35. The van der Waals surface area contributed by atoms with Gasteiger partial charge in [-0.15, -0.1) is 0 Å². The maximum absolute atomic E-state index is 13.2. The van der Waals surface area contributed by atoms with E-state index < -0.39 is 5.92 Å². The zero-order valence-electron chi connectivity index (χ0n) is 19.8. The van der Waals surface area contributed by atoms with E-state index in [0.29, 0.717) is 18.8 Å². The van der Waals surface area contributed by atoms with Crippen molar-refractivity contribution < 1.29 is 9.59 Å². The van der Waals surface area contributed by atoms with Gasteiger partial charge in [-0.3, -0.25) is 19.6 Å². The lowest BCUT2D eigenvalue weighted by atomic mass is 9.91. The van der Waals surface area contributed by atoms with E-state index in [1.54, 1.807) is 23.5 Å². The molecule has 0 aliphatic carbocycles. The molecule has 0 aliphatic heterocycles. The largest absolute Gasteiger partial charge is 0.343 e. The van der Waals surface area contributed by atoms with Gasteiger partial charge in [0, 0.05) is 48.9 Å². The highest BCUT2D eigenvalue weighted by molar-refractivity contribution is 5.91. The molecule has 4 aromatic rings. The van der Waals surface area contributed by atoms with Gasteiger partial charge in [-0.05, 0) is 44.5 Å². The smallest absolute Gasteiger partial charge is 0.230 e. The number of nitrogens with zero attached hydrogens (tertiary/aromatic N) is 5. The minimum atomic E-state index is -0.491. The topological polar surface area (TPSA) is 81.0 Å². The van der Waals surface area contributed by atoms with Crippen molar-refractivity contribution in [3.63, 3.8) is 0 Å². The zero-order valence-corrected chi connectivity index (χ0v) is 19.8. The molecule has 1 amide bonds. The maximum atomic E-state index is 13.2. The van der Waals surface area contributed by atoms with Crippen molar-refractivity contribution in [2.45, 2.75) is 39.5 Å². The minimum absolute atomic E-state index is 0.0121. The summed E-state index contributed by atoms with van der Waals surface area (Å²) in [6, 6.07) is 15.3. The number of fused-ring (bicyclic) bond motifs is 1. The summed E-state index contributed by atoms with van der Waals surface area (Å²) in [4.78, 5) is 36.8. The average molecular weight is 456 g/mol. The second-order valence-electron chi connectivity index (χ2n) is 8.34. The van der Waals surface area contributed by atoms with Crippen molar-refractivity contribution in [2.75, 3.05) is 13.1 Å². The molecular formula is C27H29N5O2. The molecule has 0 fully saturated rings. The number of Topliss-reactive ketones (excluding diaryl/α,β-unsaturated/α-hetero) is 1. The molecule has 1 atom stereocenters. The van der Waals surface area contributed by atoms with E-state index in [1.165, 1.54) is 0 Å². The van der Waals surface area contributed by atoms with E-state index in [0.717, 1.165) is 27.8 Å². The minimum Gasteiger partial charge on any atom is -0.343 e. The Bertz CT molecular complexity index is 1290. The Morgan fingerprint density at radius 1 is 1.00 bits per heavy atom. The highest BCUT2D eigenvalue weighted by atomic mass is 16.2. The molecule has 0 bridgehead atoms. The molecule has 174 valence electrons. The second kappa shape index (κ2) is 10.4. The summed E-state index contributed by atoms with van der Waals surface area (Å²) in [6.07, 6.45) is 5.59. The zero-order chi connectivity index (χ0) is 24.1. The number of carbonyl (C=O) groups is 2. The molecule has 0 spiro atoms. The van der Waals surface area contributed by atoms with Crippen LogP contribution in [0.1, 0.15) is 43.1 Å². The van der Waals surface area contributed by atoms with Crippen LogP contribution in [-0.2, 0) is 16.0 Å². The van der Waals surface area contributed by atoms with Crippen LogP contribution in [0.2, 0.25) is 0 Å². The molecule has 0 radical (unpaired) electrons. The van der Waals surface area contributed by atoms with E-state index in [2.05, 4.69) is 15.1 Å². The fourth-order valence-electron chi connectivity index (χ4n) is 4.23. The van der Waals surface area contributed by atoms with Crippen molar-refractivity contribution in [3.8, 4) is 5.69 Å². The Morgan fingerprint density at radius 3 is 2.47 bits per heavy atom. The Kier molecular flexibility index (Phi) is 7.11. The molecule has 4 rings (SSSR count). The van der Waals surface area contributed by atoms with Gasteiger partial charge in [-0.25, -0.2) is 4.68 Å². The lowest BCUT2D eigenvalue weighted by molar-refractivity contribution is -0.134. The van der Waals surface area contributed by atoms with E-state index in [4.69, 9.17) is 0 Å². The quantitative estimate of drug-likeness (QED) is 0.376. The van der Waals surface area contributed by atoms with Crippen LogP contribution in [0.15, 0.2) is 67.1 Å². The van der Waals surface area contributed by atoms with E-state index in [-0.39, 0.29) is 24.5 Å². The van der Waals surface area contributed by atoms with Crippen molar-refractivity contribution in [1.29, 1.82) is 0 Å². The van der Waals surface area contributed by atoms with Crippen LogP contribution in [0.4, 0.5) is 0 Å². The fourth-order valence-corrected chi connectivity index (χ4v) is 4.23. The molecule has 3 heterocycles. The van der Waals surface area contributed by atoms with Gasteiger partial charge in [0.15, 0.2) is 0 Å². The molecule has 0 N–H and O–H groups in total. The number of hydrogen-bond donors (Lipinski definition) is 0. The van der Waals surface area contributed by atoms with Gasteiger partial charge in [0.05, 0.1) is 29.5 Å². The summed E-state index contributed by atoms with van der Waals surface area (Å²) in [5.74, 6) is -0.518. The van der Waals surface area contributed by atoms with Gasteiger partial charge in [-0.1, -0.05) is 30.3 Å². The number of pyridine rings is 2. The van der Waals surface area contributed by atoms with Crippen LogP contribution in [0.3, 0.4) is 0 Å². The fraction of sp³-hybridized carbons (Fsp3) is 0.296. The Hall–Kier alpha value is -3.87. The van der Waals surface area contributed by atoms with Gasteiger partial charge in [0.2, 0.25) is 5.91 Å². The number of benzene rings is 1. The van der Waals surface area contributed by atoms with Crippen LogP contribution < -0.4 is 0 Å². The Labute approximate surface area is 199 Å². The summed E-state index contributed by atoms with van der Waals surface area (Å²) < 4.78 is 1.82. The monoisotopic (exact) mass is 455 g/mol. The Morgan fingerprint density at radius 2 is 1.76 bits per heavy atom. The number of aryl methyl sites for hydroxylation is 1. The number of aromatic nitrogens is 4. The van der Waals surface area contributed by atoms with Crippen LogP contribution in [0, 0.1) is 6.92 Å². The highest BCUT2D eigenvalue weighted by Gasteiger charge is 2.27. The molecule has 0 saturated heterocycles. The summed E-state index contributed by atoms with van der Waals surface area (Å²) >= 11 is 0. The number of amides is 1. The van der Waals surface area contributed by atoms with Gasteiger partial charge < -0.3 is 4.90 Å². The third-order valence-electron chi connectivity index (χ3n) is 6.02. The number of likely N-dealkylation sites (N-methyl/N-ethyl adjacent to an activating group) is 1. The third-order valence-corrected chi connectivity index (χ3v) is 6.02. The van der Waals surface area contributed by atoms with E-state index in [1.807, 2.05) is 74.0 Å². The second-order valence-corrected chi connectivity index (χ2v) is 8.34. The Balaban J connectivity index is 1.54. The summed E-state index contributed by atoms with van der Waals surface area (Å²) in [5.41, 5.74) is 4.22. The van der Waals surface area contributed by atoms with Gasteiger partial charge in [-0.2, -0.15) is 5.10 Å². The first kappa shape index (κ1) is 23.3. The molecule has 34 heavy (non-hydrogen) atoms. The molecule has 3 aromatic heterocycles. The molecule has 7 heteroatoms. The van der Waals surface area contributed by atoms with Crippen molar-refractivity contribution in [1.82, 2.24) is 24.6 Å². The predicted molar refractivity (Wildman–Crippen MR) is 132 cm³/mol. The standard InChI is InChI=1S/C27H29N5O2/c1-4-31(5-2)27(34)25(20-9-7-6-8-10-20)16-24(33)15-22-14-21-17-30-32(26(21)18-29-22)23-11-12-28-19(3)13-23/h6-14,17-18,25H,4-5,15-16H2,1-3H3/t25-/m0/s1. The normalized spacial score (nSPS) is 12.0. The maximum Gasteiger partial charge on any atom is 0.230 e. The number of hydrogen-bond acceptors (Lipinski definition) is 5. The van der Waals surface area contributed by atoms with Crippen molar-refractivity contribution in [2.24, 2.45) is 0 Å².